The number of aromatic nitrogens is 1. The summed E-state index contributed by atoms with van der Waals surface area (Å²) in [7, 11) is 1.63. The highest BCUT2D eigenvalue weighted by Crippen LogP contribution is 2.40. The number of hydrogen-bond donors (Lipinski definition) is 1. The average molecular weight is 410 g/mol. The van der Waals surface area contributed by atoms with Crippen LogP contribution in [0.25, 0.3) is 0 Å². The Balaban J connectivity index is 1.60. The van der Waals surface area contributed by atoms with Crippen LogP contribution < -0.4 is 14.8 Å². The van der Waals surface area contributed by atoms with Crippen LogP contribution in [0.1, 0.15) is 72.9 Å². The van der Waals surface area contributed by atoms with Gasteiger partial charge in [-0.2, -0.15) is 0 Å². The summed E-state index contributed by atoms with van der Waals surface area (Å²) < 4.78 is 11.8. The van der Waals surface area contributed by atoms with E-state index >= 15 is 0 Å². The molecule has 0 radical (unpaired) electrons. The van der Waals surface area contributed by atoms with E-state index in [2.05, 4.69) is 49.3 Å². The quantitative estimate of drug-likeness (QED) is 0.804. The van der Waals surface area contributed by atoms with Gasteiger partial charge in [-0.3, -0.25) is 4.79 Å². The summed E-state index contributed by atoms with van der Waals surface area (Å²) in [6, 6.07) is 8.58. The molecule has 0 saturated carbocycles. The van der Waals surface area contributed by atoms with Crippen molar-refractivity contribution in [2.75, 3.05) is 7.11 Å². The van der Waals surface area contributed by atoms with Crippen LogP contribution in [0.5, 0.6) is 11.6 Å². The maximum absolute atomic E-state index is 12.8. The van der Waals surface area contributed by atoms with E-state index in [4.69, 9.17) is 9.47 Å². The van der Waals surface area contributed by atoms with Crippen LogP contribution in [-0.4, -0.2) is 34.5 Å². The maximum Gasteiger partial charge on any atom is 0.256 e. The summed E-state index contributed by atoms with van der Waals surface area (Å²) in [6.07, 6.45) is 0.851. The fourth-order valence-corrected chi connectivity index (χ4v) is 4.36. The van der Waals surface area contributed by atoms with E-state index in [9.17, 15) is 4.79 Å². The Morgan fingerprint density at radius 1 is 1.33 bits per heavy atom. The molecule has 0 saturated heterocycles. The van der Waals surface area contributed by atoms with Crippen molar-refractivity contribution < 1.29 is 14.3 Å². The number of fused-ring (bicyclic) bond motifs is 2. The summed E-state index contributed by atoms with van der Waals surface area (Å²) in [5.41, 5.74) is 4.46. The van der Waals surface area contributed by atoms with Gasteiger partial charge in [-0.25, -0.2) is 4.98 Å². The summed E-state index contributed by atoms with van der Waals surface area (Å²) >= 11 is 0. The molecular weight excluding hydrogens is 378 g/mol. The van der Waals surface area contributed by atoms with Crippen LogP contribution in [0, 0.1) is 6.92 Å². The van der Waals surface area contributed by atoms with Gasteiger partial charge in [0.25, 0.3) is 5.91 Å². The molecule has 2 aromatic rings. The van der Waals surface area contributed by atoms with Gasteiger partial charge in [0.1, 0.15) is 11.4 Å². The second-order valence-electron chi connectivity index (χ2n) is 9.22. The molecule has 1 N–H and O–H groups in total. The summed E-state index contributed by atoms with van der Waals surface area (Å²) in [4.78, 5) is 19.3. The fourth-order valence-electron chi connectivity index (χ4n) is 4.36. The van der Waals surface area contributed by atoms with Crippen LogP contribution in [0.3, 0.4) is 0 Å². The number of nitrogens with one attached hydrogen (secondary N) is 1. The molecule has 0 aliphatic carbocycles. The molecule has 1 amide bonds. The first kappa shape index (κ1) is 20.7. The Bertz CT molecular complexity index is 984. The molecule has 0 spiro atoms. The lowest BCUT2D eigenvalue weighted by molar-refractivity contribution is 0.0656. The third-order valence-electron chi connectivity index (χ3n) is 5.93. The van der Waals surface area contributed by atoms with E-state index in [1.165, 1.54) is 5.56 Å². The predicted molar refractivity (Wildman–Crippen MR) is 116 cm³/mol. The number of pyridine rings is 1. The molecule has 2 aliphatic rings. The Morgan fingerprint density at radius 3 is 2.80 bits per heavy atom. The Labute approximate surface area is 178 Å². The molecule has 3 heterocycles. The van der Waals surface area contributed by atoms with Gasteiger partial charge >= 0.3 is 0 Å². The van der Waals surface area contributed by atoms with Crippen molar-refractivity contribution in [1.29, 1.82) is 0 Å². The number of benzene rings is 1. The minimum absolute atomic E-state index is 0.0458. The molecule has 1 unspecified atom stereocenters. The van der Waals surface area contributed by atoms with E-state index in [0.29, 0.717) is 24.5 Å². The maximum atomic E-state index is 12.8. The van der Waals surface area contributed by atoms with Gasteiger partial charge < -0.3 is 19.7 Å². The topological polar surface area (TPSA) is 63.7 Å². The number of rotatable bonds is 5. The van der Waals surface area contributed by atoms with Gasteiger partial charge in [0.05, 0.1) is 24.9 Å². The van der Waals surface area contributed by atoms with E-state index in [1.54, 1.807) is 7.11 Å². The number of nitrogens with zero attached hydrogens (tertiary/aromatic N) is 2. The van der Waals surface area contributed by atoms with Crippen molar-refractivity contribution in [2.24, 2.45) is 0 Å². The molecule has 0 bridgehead atoms. The smallest absolute Gasteiger partial charge is 0.256 e. The van der Waals surface area contributed by atoms with Gasteiger partial charge in [-0.05, 0) is 52.3 Å². The molecule has 1 aromatic heterocycles. The van der Waals surface area contributed by atoms with Crippen LogP contribution in [0.2, 0.25) is 0 Å². The van der Waals surface area contributed by atoms with Crippen molar-refractivity contribution in [3.63, 3.8) is 0 Å². The largest absolute Gasteiger partial charge is 0.487 e. The fraction of sp³-hybridized carbons (Fsp3) is 0.500. The second-order valence-corrected chi connectivity index (χ2v) is 9.22. The number of aryl methyl sites for hydroxylation is 1. The van der Waals surface area contributed by atoms with Crippen LogP contribution in [0.4, 0.5) is 0 Å². The van der Waals surface area contributed by atoms with Crippen molar-refractivity contribution in [3.8, 4) is 11.6 Å². The van der Waals surface area contributed by atoms with E-state index in [-0.39, 0.29) is 23.6 Å². The molecule has 0 fully saturated rings. The number of methoxy groups -OCH3 is 1. The molecule has 30 heavy (non-hydrogen) atoms. The Hall–Kier alpha value is -2.60. The summed E-state index contributed by atoms with van der Waals surface area (Å²) in [5, 5.41) is 3.66. The molecule has 2 aliphatic heterocycles. The number of ether oxygens (including phenoxy) is 2. The molecular formula is C24H31N3O3. The summed E-state index contributed by atoms with van der Waals surface area (Å²) in [5.74, 6) is 1.56. The zero-order valence-corrected chi connectivity index (χ0v) is 18.7. The molecule has 1 aromatic carbocycles. The van der Waals surface area contributed by atoms with E-state index in [1.807, 2.05) is 24.8 Å². The predicted octanol–water partition coefficient (Wildman–Crippen LogP) is 4.15. The van der Waals surface area contributed by atoms with Gasteiger partial charge in [0.15, 0.2) is 0 Å². The van der Waals surface area contributed by atoms with E-state index < -0.39 is 0 Å². The number of carbonyl (C=O) groups excluding carboxylic acids is 1. The van der Waals surface area contributed by atoms with Crippen molar-refractivity contribution in [1.82, 2.24) is 15.2 Å². The number of amides is 1. The minimum Gasteiger partial charge on any atom is -0.487 e. The lowest BCUT2D eigenvalue weighted by atomic mass is 9.89. The zero-order valence-electron chi connectivity index (χ0n) is 18.7. The first-order valence-corrected chi connectivity index (χ1v) is 10.6. The van der Waals surface area contributed by atoms with Gasteiger partial charge in [0, 0.05) is 36.2 Å². The first-order valence-electron chi connectivity index (χ1n) is 10.6. The normalized spacial score (nSPS) is 19.5. The molecule has 1 atom stereocenters. The monoisotopic (exact) mass is 409 g/mol. The highest BCUT2D eigenvalue weighted by atomic mass is 16.5. The SMILES string of the molecule is COc1nc2c(cc1CNC1CC(C)(C)Oc3cc(C)ccc31)C(=O)N(C(C)C)C2. The number of hydrogen-bond acceptors (Lipinski definition) is 5. The van der Waals surface area contributed by atoms with Gasteiger partial charge in [-0.15, -0.1) is 0 Å². The standard InChI is InChI=1S/C24H31N3O3/c1-14(2)27-13-20-18(23(27)28)10-16(22(26-20)29-6)12-25-19-11-24(4,5)30-21-9-15(3)7-8-17(19)21/h7-10,14,19,25H,11-13H2,1-6H3. The van der Waals surface area contributed by atoms with Crippen LogP contribution >= 0.6 is 0 Å². The first-order chi connectivity index (χ1) is 14.2. The molecule has 160 valence electrons. The van der Waals surface area contributed by atoms with Gasteiger partial charge in [-0.1, -0.05) is 12.1 Å². The highest BCUT2D eigenvalue weighted by molar-refractivity contribution is 5.98. The average Bonchev–Trinajstić information content (AvgIpc) is 3.00. The highest BCUT2D eigenvalue weighted by Gasteiger charge is 2.35. The summed E-state index contributed by atoms with van der Waals surface area (Å²) in [6.45, 7) is 11.5. The third kappa shape index (κ3) is 3.76. The lowest BCUT2D eigenvalue weighted by Crippen LogP contribution is -2.39. The second kappa shape index (κ2) is 7.58. The van der Waals surface area contributed by atoms with Gasteiger partial charge in [0.2, 0.25) is 5.88 Å². The minimum atomic E-state index is -0.257. The molecule has 4 rings (SSSR count). The Morgan fingerprint density at radius 2 is 2.10 bits per heavy atom. The van der Waals surface area contributed by atoms with E-state index in [0.717, 1.165) is 29.0 Å². The van der Waals surface area contributed by atoms with Crippen molar-refractivity contribution in [3.05, 3.63) is 52.2 Å². The number of carbonyl (C=O) groups is 1. The molecule has 6 heteroatoms. The van der Waals surface area contributed by atoms with Crippen molar-refractivity contribution in [2.45, 2.75) is 71.8 Å². The zero-order chi connectivity index (χ0) is 21.6. The van der Waals surface area contributed by atoms with Crippen LogP contribution in [-0.2, 0) is 13.1 Å². The molecule has 6 nitrogen and oxygen atoms in total. The van der Waals surface area contributed by atoms with Crippen LogP contribution in [0.15, 0.2) is 24.3 Å². The lowest BCUT2D eigenvalue weighted by Gasteiger charge is -2.38. The Kier molecular flexibility index (Phi) is 5.22. The third-order valence-corrected chi connectivity index (χ3v) is 5.93. The van der Waals surface area contributed by atoms with Crippen molar-refractivity contribution >= 4 is 5.91 Å².